The molecule has 0 aliphatic carbocycles. The number of rotatable bonds is 3. The Hall–Kier alpha value is -1.34. The summed E-state index contributed by atoms with van der Waals surface area (Å²) in [5.41, 5.74) is 0.143. The average molecular weight is 300 g/mol. The summed E-state index contributed by atoms with van der Waals surface area (Å²) in [7, 11) is -2.30. The summed E-state index contributed by atoms with van der Waals surface area (Å²) in [4.78, 5) is 14.1. The topological polar surface area (TPSA) is 79.5 Å². The SMILES string of the molecule is COC(=O)c1cc(S(=O)(=O)N2CC(C)CC(C)C2)c[nH]1. The van der Waals surface area contributed by atoms with Gasteiger partial charge in [-0.25, -0.2) is 13.2 Å². The number of H-pyrrole nitrogens is 1. The Morgan fingerprint density at radius 3 is 2.50 bits per heavy atom. The number of carbonyl (C=O) groups is 1. The number of aromatic amines is 1. The molecule has 0 amide bonds. The first kappa shape index (κ1) is 15.1. The molecule has 0 aromatic carbocycles. The van der Waals surface area contributed by atoms with Crippen LogP contribution in [-0.4, -0.2) is 43.9 Å². The zero-order chi connectivity index (χ0) is 14.9. The maximum Gasteiger partial charge on any atom is 0.354 e. The second-order valence-corrected chi connectivity index (χ2v) is 7.45. The summed E-state index contributed by atoms with van der Waals surface area (Å²) < 4.78 is 31.2. The van der Waals surface area contributed by atoms with Crippen molar-refractivity contribution in [3.63, 3.8) is 0 Å². The predicted molar refractivity (Wildman–Crippen MR) is 73.8 cm³/mol. The van der Waals surface area contributed by atoms with Gasteiger partial charge in [-0.3, -0.25) is 0 Å². The monoisotopic (exact) mass is 300 g/mol. The second-order valence-electron chi connectivity index (χ2n) is 5.51. The van der Waals surface area contributed by atoms with Gasteiger partial charge in [0, 0.05) is 19.3 Å². The first-order chi connectivity index (χ1) is 9.34. The van der Waals surface area contributed by atoms with Crippen molar-refractivity contribution in [3.05, 3.63) is 18.0 Å². The Bertz CT molecular complexity index is 583. The van der Waals surface area contributed by atoms with Crippen LogP contribution in [0.25, 0.3) is 0 Å². The molecule has 1 aliphatic heterocycles. The highest BCUT2D eigenvalue weighted by atomic mass is 32.2. The Labute approximate surface area is 119 Å². The van der Waals surface area contributed by atoms with Crippen LogP contribution in [0.3, 0.4) is 0 Å². The van der Waals surface area contributed by atoms with E-state index in [4.69, 9.17) is 0 Å². The minimum Gasteiger partial charge on any atom is -0.464 e. The zero-order valence-corrected chi connectivity index (χ0v) is 12.7. The van der Waals surface area contributed by atoms with Gasteiger partial charge in [-0.15, -0.1) is 0 Å². The third kappa shape index (κ3) is 2.88. The van der Waals surface area contributed by atoms with Crippen molar-refractivity contribution in [2.45, 2.75) is 25.2 Å². The van der Waals surface area contributed by atoms with E-state index in [1.165, 1.54) is 23.7 Å². The van der Waals surface area contributed by atoms with Crippen molar-refractivity contribution < 1.29 is 17.9 Å². The van der Waals surface area contributed by atoms with Crippen molar-refractivity contribution in [1.82, 2.24) is 9.29 Å². The van der Waals surface area contributed by atoms with E-state index in [1.807, 2.05) is 0 Å². The van der Waals surface area contributed by atoms with Gasteiger partial charge in [0.1, 0.15) is 10.6 Å². The van der Waals surface area contributed by atoms with Crippen molar-refractivity contribution in [1.29, 1.82) is 0 Å². The molecule has 1 saturated heterocycles. The van der Waals surface area contributed by atoms with Crippen molar-refractivity contribution in [2.75, 3.05) is 20.2 Å². The lowest BCUT2D eigenvalue weighted by Gasteiger charge is -2.33. The van der Waals surface area contributed by atoms with Gasteiger partial charge in [-0.2, -0.15) is 4.31 Å². The maximum atomic E-state index is 12.6. The van der Waals surface area contributed by atoms with Crippen LogP contribution in [0.5, 0.6) is 0 Å². The van der Waals surface area contributed by atoms with Gasteiger partial charge in [-0.1, -0.05) is 13.8 Å². The van der Waals surface area contributed by atoms with Crippen LogP contribution >= 0.6 is 0 Å². The highest BCUT2D eigenvalue weighted by molar-refractivity contribution is 7.89. The number of hydrogen-bond donors (Lipinski definition) is 1. The molecule has 0 bridgehead atoms. The van der Waals surface area contributed by atoms with Gasteiger partial charge >= 0.3 is 5.97 Å². The fraction of sp³-hybridized carbons (Fsp3) is 0.615. The molecule has 2 rings (SSSR count). The van der Waals surface area contributed by atoms with Gasteiger partial charge in [0.2, 0.25) is 10.0 Å². The van der Waals surface area contributed by atoms with Crippen LogP contribution in [-0.2, 0) is 14.8 Å². The molecule has 20 heavy (non-hydrogen) atoms. The second kappa shape index (κ2) is 5.57. The largest absolute Gasteiger partial charge is 0.464 e. The summed E-state index contributed by atoms with van der Waals surface area (Å²) in [6, 6.07) is 1.32. The number of esters is 1. The first-order valence-electron chi connectivity index (χ1n) is 6.61. The number of nitrogens with one attached hydrogen (secondary N) is 1. The first-order valence-corrected chi connectivity index (χ1v) is 8.05. The molecular formula is C13H20N2O4S. The summed E-state index contributed by atoms with van der Waals surface area (Å²) in [5.74, 6) is 0.104. The molecule has 7 heteroatoms. The zero-order valence-electron chi connectivity index (χ0n) is 11.9. The van der Waals surface area contributed by atoms with Crippen LogP contribution in [0.4, 0.5) is 0 Å². The van der Waals surface area contributed by atoms with E-state index in [1.54, 1.807) is 0 Å². The molecular weight excluding hydrogens is 280 g/mol. The van der Waals surface area contributed by atoms with Gasteiger partial charge < -0.3 is 9.72 Å². The third-order valence-corrected chi connectivity index (χ3v) is 5.34. The molecule has 1 fully saturated rings. The van der Waals surface area contributed by atoms with Crippen LogP contribution in [0.2, 0.25) is 0 Å². The molecule has 1 aromatic rings. The summed E-state index contributed by atoms with van der Waals surface area (Å²) in [5, 5.41) is 0. The van der Waals surface area contributed by atoms with Crippen LogP contribution in [0, 0.1) is 11.8 Å². The molecule has 0 saturated carbocycles. The number of methoxy groups -OCH3 is 1. The number of hydrogen-bond acceptors (Lipinski definition) is 4. The highest BCUT2D eigenvalue weighted by Gasteiger charge is 2.32. The lowest BCUT2D eigenvalue weighted by molar-refractivity contribution is 0.0594. The normalized spacial score (nSPS) is 24.6. The van der Waals surface area contributed by atoms with Crippen molar-refractivity contribution >= 4 is 16.0 Å². The fourth-order valence-corrected chi connectivity index (χ4v) is 4.38. The van der Waals surface area contributed by atoms with Crippen LogP contribution < -0.4 is 0 Å². The van der Waals surface area contributed by atoms with Crippen LogP contribution in [0.1, 0.15) is 30.8 Å². The van der Waals surface area contributed by atoms with Gasteiger partial charge in [0.25, 0.3) is 0 Å². The van der Waals surface area contributed by atoms with Gasteiger partial charge in [-0.05, 0) is 24.3 Å². The molecule has 0 spiro atoms. The predicted octanol–water partition coefficient (Wildman–Crippen LogP) is 1.47. The van der Waals surface area contributed by atoms with E-state index in [0.717, 1.165) is 6.42 Å². The molecule has 0 radical (unpaired) electrons. The van der Waals surface area contributed by atoms with Crippen LogP contribution in [0.15, 0.2) is 17.2 Å². The summed E-state index contributed by atoms with van der Waals surface area (Å²) in [6.07, 6.45) is 2.37. The Morgan fingerprint density at radius 1 is 1.35 bits per heavy atom. The molecule has 1 aliphatic rings. The van der Waals surface area contributed by atoms with E-state index in [2.05, 4.69) is 23.6 Å². The van der Waals surface area contributed by atoms with E-state index in [-0.39, 0.29) is 10.6 Å². The van der Waals surface area contributed by atoms with E-state index in [9.17, 15) is 13.2 Å². The average Bonchev–Trinajstić information content (AvgIpc) is 2.86. The maximum absolute atomic E-state index is 12.6. The fourth-order valence-electron chi connectivity index (χ4n) is 2.70. The molecule has 2 unspecified atom stereocenters. The lowest BCUT2D eigenvalue weighted by atomic mass is 9.94. The number of nitrogens with zero attached hydrogens (tertiary/aromatic N) is 1. The molecule has 2 heterocycles. The van der Waals surface area contributed by atoms with Gasteiger partial charge in [0.05, 0.1) is 7.11 Å². The number of carbonyl (C=O) groups excluding carboxylic acids is 1. The van der Waals surface area contributed by atoms with Crippen molar-refractivity contribution in [2.24, 2.45) is 11.8 Å². The molecule has 112 valence electrons. The highest BCUT2D eigenvalue weighted by Crippen LogP contribution is 2.26. The Morgan fingerprint density at radius 2 is 1.95 bits per heavy atom. The molecule has 1 aromatic heterocycles. The summed E-state index contributed by atoms with van der Waals surface area (Å²) >= 11 is 0. The number of aromatic nitrogens is 1. The quantitative estimate of drug-likeness (QED) is 0.857. The molecule has 6 nitrogen and oxygen atoms in total. The third-order valence-electron chi connectivity index (χ3n) is 3.53. The standard InChI is InChI=1S/C13H20N2O4S/c1-9-4-10(2)8-15(7-9)20(17,18)11-5-12(14-6-11)13(16)19-3/h5-6,9-10,14H,4,7-8H2,1-3H3. The number of piperidine rings is 1. The minimum atomic E-state index is -3.55. The smallest absolute Gasteiger partial charge is 0.354 e. The molecule has 1 N–H and O–H groups in total. The molecule has 2 atom stereocenters. The van der Waals surface area contributed by atoms with Crippen molar-refractivity contribution in [3.8, 4) is 0 Å². The van der Waals surface area contributed by atoms with E-state index in [0.29, 0.717) is 24.9 Å². The van der Waals surface area contributed by atoms with E-state index < -0.39 is 16.0 Å². The number of sulfonamides is 1. The lowest BCUT2D eigenvalue weighted by Crippen LogP contribution is -2.42. The number of ether oxygens (including phenoxy) is 1. The Balaban J connectivity index is 2.26. The Kier molecular flexibility index (Phi) is 4.19. The summed E-state index contributed by atoms with van der Waals surface area (Å²) in [6.45, 7) is 5.14. The van der Waals surface area contributed by atoms with Gasteiger partial charge in [0.15, 0.2) is 0 Å². The van der Waals surface area contributed by atoms with E-state index >= 15 is 0 Å². The minimum absolute atomic E-state index is 0.110.